The van der Waals surface area contributed by atoms with E-state index in [1.54, 1.807) is 7.11 Å². The van der Waals surface area contributed by atoms with Crippen molar-refractivity contribution in [1.82, 2.24) is 0 Å². The van der Waals surface area contributed by atoms with Gasteiger partial charge in [-0.05, 0) is 160 Å². The van der Waals surface area contributed by atoms with Crippen molar-refractivity contribution in [3.8, 4) is 5.75 Å². The zero-order valence-corrected chi connectivity index (χ0v) is 78.1. The van der Waals surface area contributed by atoms with Gasteiger partial charge in [0.2, 0.25) is 5.78 Å². The number of rotatable bonds is 13. The van der Waals surface area contributed by atoms with Crippen molar-refractivity contribution in [2.45, 2.75) is 86.5 Å². The molecule has 0 saturated carbocycles. The molecule has 2 nitrogen and oxygen atoms in total. The molecule has 0 aromatic heterocycles. The van der Waals surface area contributed by atoms with Crippen molar-refractivity contribution in [3.63, 3.8) is 0 Å². The van der Waals surface area contributed by atoms with Crippen molar-refractivity contribution in [2.24, 2.45) is 0 Å². The first-order valence-corrected chi connectivity index (χ1v) is 59.7. The van der Waals surface area contributed by atoms with Crippen molar-refractivity contribution in [2.75, 3.05) is 25.4 Å². The zero-order chi connectivity index (χ0) is 78.1. The Morgan fingerprint density at radius 1 is 0.355 bits per heavy atom. The second-order valence-corrected chi connectivity index (χ2v) is 52.4. The summed E-state index contributed by atoms with van der Waals surface area (Å²) in [5.74, 6) is 2.48. The second-order valence-electron chi connectivity index (χ2n) is 23.4. The van der Waals surface area contributed by atoms with Gasteiger partial charge in [-0.1, -0.05) is 202 Å². The third-order valence-electron chi connectivity index (χ3n) is 11.6. The Morgan fingerprint density at radius 3 is 0.776 bits per heavy atom. The second kappa shape index (κ2) is 50.5. The van der Waals surface area contributed by atoms with Gasteiger partial charge in [0, 0.05) is 5.56 Å². The molecule has 0 saturated heterocycles. The van der Waals surface area contributed by atoms with E-state index in [4.69, 9.17) is 4.74 Å². The number of carbonyl (C=O) groups excluding carboxylic acids is 1. The van der Waals surface area contributed by atoms with Crippen LogP contribution in [0, 0.1) is 35.5 Å². The predicted molar refractivity (Wildman–Crippen MR) is 371 cm³/mol. The van der Waals surface area contributed by atoms with Gasteiger partial charge in [-0.2, -0.15) is 0 Å². The molecule has 0 fully saturated rings. The summed E-state index contributed by atoms with van der Waals surface area (Å²) in [5.41, 5.74) is 6.92. The molecule has 0 aliphatic carbocycles. The van der Waals surface area contributed by atoms with E-state index in [-0.39, 0.29) is 139 Å². The fourth-order valence-electron chi connectivity index (χ4n) is 7.07. The molecule has 0 heterocycles. The first-order chi connectivity index (χ1) is 46.3. The molecule has 0 atom stereocenters. The Morgan fingerprint density at radius 2 is 0.561 bits per heavy atom. The molecule has 0 unspecified atom stereocenters. The molecule has 0 N–H and O–H groups in total. The summed E-state index contributed by atoms with van der Waals surface area (Å²) in [6.45, 7) is 20.2. The van der Waals surface area contributed by atoms with Crippen LogP contribution in [0.5, 0.6) is 5.75 Å². The molecule has 604 valence electrons. The molecule has 0 aliphatic heterocycles. The van der Waals surface area contributed by atoms with Crippen LogP contribution in [0.15, 0.2) is 243 Å². The molecule has 107 heavy (non-hydrogen) atoms. The molecule has 0 amide bonds. The van der Waals surface area contributed by atoms with Crippen LogP contribution in [0.2, 0.25) is 0 Å². The van der Waals surface area contributed by atoms with Crippen LogP contribution in [-0.4, -0.2) is 112 Å². The molecule has 0 bridgehead atoms. The number of methoxy groups -OCH3 is 1. The van der Waals surface area contributed by atoms with Gasteiger partial charge in [0.05, 0.1) is 19.6 Å². The Hall–Kier alpha value is -2.69. The summed E-state index contributed by atoms with van der Waals surface area (Å²) in [7, 11) is 1.90. The predicted octanol–water partition coefficient (Wildman–Crippen LogP) is 0.576. The van der Waals surface area contributed by atoms with E-state index in [2.05, 4.69) is 275 Å². The van der Waals surface area contributed by atoms with Gasteiger partial charge < -0.3 is 23.6 Å². The van der Waals surface area contributed by atoms with E-state index < -0.39 is 81.2 Å². The normalized spacial score (nSPS) is 12.2. The molecular weight excluding hydrogens is 2380 g/mol. The number of ketones is 1. The van der Waals surface area contributed by atoms with Gasteiger partial charge in [-0.3, -0.25) is 4.79 Å². The Kier molecular flexibility index (Phi) is 53.3. The van der Waals surface area contributed by atoms with Crippen molar-refractivity contribution in [1.29, 1.82) is 0 Å². The maximum Gasteiger partial charge on any atom is 0.357 e. The van der Waals surface area contributed by atoms with Crippen molar-refractivity contribution < 1.29 is 169 Å². The van der Waals surface area contributed by atoms with Gasteiger partial charge in [0.1, 0.15) is 5.75 Å². The minimum absolute atomic E-state index is 0. The van der Waals surface area contributed by atoms with Crippen LogP contribution in [0.3, 0.4) is 0 Å². The van der Waals surface area contributed by atoms with Crippen LogP contribution < -0.4 is 108 Å². The summed E-state index contributed by atoms with van der Waals surface area (Å²) in [6.07, 6.45) is 4.17. The van der Waals surface area contributed by atoms with Gasteiger partial charge in [0.25, 0.3) is 0 Å². The zero-order valence-electron chi connectivity index (χ0n) is 58.5. The molecule has 9 aromatic rings. The topological polar surface area (TPSA) is 26.3 Å². The van der Waals surface area contributed by atoms with E-state index in [9.17, 15) is 61.1 Å². The fourth-order valence-corrected chi connectivity index (χ4v) is 16.6. The Balaban J connectivity index is -0.000000375. The average Bonchev–Trinajstić information content (AvgIpc) is 0.842. The van der Waals surface area contributed by atoms with Gasteiger partial charge in [0.15, 0.2) is 34.3 Å². The molecule has 0 radical (unpaired) electrons. The van der Waals surface area contributed by atoms with Gasteiger partial charge in [-0.25, -0.2) is 0 Å². The van der Waals surface area contributed by atoms with E-state index >= 15 is 0 Å². The fraction of sp³-hybridized carbons (Fsp3) is 0.236. The third kappa shape index (κ3) is 72.1. The largest absolute Gasteiger partial charge is 0.357 e. The SMILES string of the molecule is C.CC(C)(C)c1ccc([I+]c2ccc(C(C)(C)C)cc2)cc1.COc1ccc([I+]c2ccccc2)cc1.C[S+](C)CC(=O)c1ccccc1.Cc1ccc([I+]c2ccc(C(C)C)cc2)cc1.[F-].[F-].[F-].[F-].[F][Sb]([F])([F])([F])[F].[F][Sb]([F])([F])([F])[F].[F][Sb]([F])([F])([F])[F].[F][Sb]([F])([F])([F])[F].c1ccc([I+]c2ccccc2)cc1. The van der Waals surface area contributed by atoms with Crippen LogP contribution in [0.1, 0.15) is 101 Å². The third-order valence-corrected chi connectivity index (χ3v) is 23.2. The summed E-state index contributed by atoms with van der Waals surface area (Å²) in [6, 6.07) is 86.3. The standard InChI is InChI=1S/C20H26I.C16H18I.C13H12IO.C12H10I.C10H13OS.CH4.24FH.4Sb/c1-19(2,3)15-7-11-17(12-8-15)21-18-13-9-16(10-14-18)20(4,5)6;1-12(2)14-6-10-16(11-7-14)17-15-8-4-13(3)5-9-15;1-15-13-9-7-12(8-10-13)14-11-5-3-2-4-6-11;1-3-7-11(8-4-1)13-12-9-5-2-6-10-12;1-12(2)8-10(11)9-6-4-3-5-7-9;;;;;;;;;;;;;;;;;;;;;;;;;;;;;/h7-14H,1-6H3;4-12H,1-3H3;2-10H,1H3;1-10H;3-7H,8H2,1-2H3;1H4;24*1H;;;;/q5*+1;;;;;;;;;;;;;;;;;;;;;;;;;;4*+5/p-24. The van der Waals surface area contributed by atoms with E-state index in [1.165, 1.54) is 50.8 Å². The summed E-state index contributed by atoms with van der Waals surface area (Å²) < 4.78 is 215. The quantitative estimate of drug-likeness (QED) is 0.0557. The Labute approximate surface area is 675 Å². The van der Waals surface area contributed by atoms with Crippen molar-refractivity contribution in [3.05, 3.63) is 299 Å². The number of aryl methyl sites for hydroxylation is 1. The summed E-state index contributed by atoms with van der Waals surface area (Å²) in [5, 5.41) is 0. The monoisotopic (exact) mass is 2460 g/mol. The molecule has 35 heteroatoms. The number of Topliss-reactive ketones (excluding diaryl/α,β-unsaturated/α-hetero) is 1. The number of hydrogen-bond donors (Lipinski definition) is 0. The molecule has 0 spiro atoms. The number of benzene rings is 9. The van der Waals surface area contributed by atoms with E-state index in [0.717, 1.165) is 11.3 Å². The van der Waals surface area contributed by atoms with E-state index in [1.807, 2.05) is 42.5 Å². The number of carbonyl (C=O) groups is 1. The minimum atomic E-state index is -9.19. The summed E-state index contributed by atoms with van der Waals surface area (Å²) >= 11 is -36.9. The van der Waals surface area contributed by atoms with Crippen molar-refractivity contribution >= 4 is 97.9 Å². The number of halogens is 28. The van der Waals surface area contributed by atoms with Crippen LogP contribution >= 0.6 is 0 Å². The number of ether oxygens (including phenoxy) is 1. The van der Waals surface area contributed by atoms with Gasteiger partial charge in [-0.15, -0.1) is 0 Å². The Bertz CT molecular complexity index is 3590. The van der Waals surface area contributed by atoms with Gasteiger partial charge >= 0.3 is 222 Å². The first-order valence-electron chi connectivity index (χ1n) is 29.6. The minimum Gasteiger partial charge on any atom is -0.0619 e. The maximum atomic E-state index is 11.5. The first kappa shape index (κ1) is 113. The molecular formula is C72H83F24I4O2SSb4+. The number of hydrogen-bond acceptors (Lipinski definition) is 2. The maximum absolute atomic E-state index is 11.5. The molecule has 9 rings (SSSR count). The van der Waals surface area contributed by atoms with E-state index in [0.29, 0.717) is 11.7 Å². The summed E-state index contributed by atoms with van der Waals surface area (Å²) in [4.78, 5) is 11.5. The van der Waals surface area contributed by atoms with Crippen LogP contribution in [-0.2, 0) is 21.7 Å². The smallest absolute Gasteiger partial charge is 0.0619 e. The van der Waals surface area contributed by atoms with Crippen LogP contribution in [0.25, 0.3) is 0 Å². The molecule has 9 aromatic carbocycles. The average molecular weight is 2460 g/mol. The molecule has 0 aliphatic rings. The van der Waals surface area contributed by atoms with Crippen LogP contribution in [0.4, 0.5) is 56.3 Å².